The average Bonchev–Trinajstić information content (AvgIpc) is 3.11. The van der Waals surface area contributed by atoms with E-state index in [0.29, 0.717) is 5.69 Å². The second-order valence-electron chi connectivity index (χ2n) is 6.77. The van der Waals surface area contributed by atoms with E-state index in [2.05, 4.69) is 10.2 Å². The molecule has 1 amide bonds. The molecule has 4 rings (SSSR count). The Hall–Kier alpha value is -2.78. The third-order valence-corrected chi connectivity index (χ3v) is 6.81. The number of aromatic amines is 1. The van der Waals surface area contributed by atoms with Gasteiger partial charge in [-0.15, -0.1) is 0 Å². The van der Waals surface area contributed by atoms with Crippen LogP contribution in [-0.2, 0) is 10.0 Å². The van der Waals surface area contributed by atoms with Crippen molar-refractivity contribution >= 4 is 26.8 Å². The van der Waals surface area contributed by atoms with E-state index in [1.807, 2.05) is 25.1 Å². The Labute approximate surface area is 161 Å². The monoisotopic (exact) mass is 402 g/mol. The number of carbonyl (C=O) groups is 1. The van der Waals surface area contributed by atoms with Crippen LogP contribution in [0.3, 0.4) is 0 Å². The van der Waals surface area contributed by atoms with Crippen molar-refractivity contribution in [3.05, 3.63) is 59.5 Å². The summed E-state index contributed by atoms with van der Waals surface area (Å²) < 4.78 is 39.8. The number of aryl methyl sites for hydroxylation is 1. The Morgan fingerprint density at radius 1 is 1.07 bits per heavy atom. The largest absolute Gasteiger partial charge is 0.335 e. The number of amides is 1. The van der Waals surface area contributed by atoms with Gasteiger partial charge in [-0.05, 0) is 43.3 Å². The number of sulfonamides is 1. The van der Waals surface area contributed by atoms with Crippen LogP contribution >= 0.6 is 0 Å². The van der Waals surface area contributed by atoms with Gasteiger partial charge in [-0.1, -0.05) is 11.6 Å². The molecule has 3 aromatic rings. The lowest BCUT2D eigenvalue weighted by Gasteiger charge is -2.33. The average molecular weight is 402 g/mol. The topological polar surface area (TPSA) is 86.4 Å². The lowest BCUT2D eigenvalue weighted by Crippen LogP contribution is -2.50. The van der Waals surface area contributed by atoms with Crippen molar-refractivity contribution in [2.75, 3.05) is 26.2 Å². The van der Waals surface area contributed by atoms with Crippen LogP contribution < -0.4 is 0 Å². The number of fused-ring (bicyclic) bond motifs is 1. The van der Waals surface area contributed by atoms with Gasteiger partial charge in [0.05, 0.1) is 10.4 Å². The van der Waals surface area contributed by atoms with Gasteiger partial charge in [0.15, 0.2) is 5.69 Å². The van der Waals surface area contributed by atoms with Crippen LogP contribution in [0.4, 0.5) is 4.39 Å². The number of nitrogens with one attached hydrogen (secondary N) is 1. The van der Waals surface area contributed by atoms with Crippen molar-refractivity contribution in [2.45, 2.75) is 11.8 Å². The first-order chi connectivity index (χ1) is 13.4. The van der Waals surface area contributed by atoms with Gasteiger partial charge in [-0.25, -0.2) is 12.8 Å². The number of hydrogen-bond acceptors (Lipinski definition) is 4. The minimum Gasteiger partial charge on any atom is -0.335 e. The maximum absolute atomic E-state index is 13.1. The number of H-pyrrole nitrogens is 1. The van der Waals surface area contributed by atoms with Crippen LogP contribution in [0.15, 0.2) is 47.4 Å². The first-order valence-electron chi connectivity index (χ1n) is 8.86. The minimum absolute atomic E-state index is 0.0439. The van der Waals surface area contributed by atoms with Gasteiger partial charge < -0.3 is 4.90 Å². The molecule has 0 bridgehead atoms. The van der Waals surface area contributed by atoms with Crippen molar-refractivity contribution in [3.63, 3.8) is 0 Å². The zero-order valence-electron chi connectivity index (χ0n) is 15.2. The number of piperazine rings is 1. The standard InChI is InChI=1S/C19H19FN4O3S/c1-13-2-7-17-16(12-13)18(22-21-17)19(25)23-8-10-24(11-9-23)28(26,27)15-5-3-14(20)4-6-15/h2-7,12H,8-11H2,1H3,(H,21,22). The molecule has 1 aliphatic heterocycles. The Morgan fingerprint density at radius 3 is 2.43 bits per heavy atom. The third-order valence-electron chi connectivity index (χ3n) is 4.90. The van der Waals surface area contributed by atoms with Crippen molar-refractivity contribution in [2.24, 2.45) is 0 Å². The predicted octanol–water partition coefficient (Wildman–Crippen LogP) is 2.16. The molecule has 1 saturated heterocycles. The molecule has 0 aliphatic carbocycles. The molecule has 2 heterocycles. The van der Waals surface area contributed by atoms with Crippen LogP contribution in [0.2, 0.25) is 0 Å². The van der Waals surface area contributed by atoms with E-state index in [0.717, 1.165) is 28.6 Å². The van der Waals surface area contributed by atoms with Crippen LogP contribution in [0.5, 0.6) is 0 Å². The predicted molar refractivity (Wildman–Crippen MR) is 102 cm³/mol. The molecule has 0 atom stereocenters. The molecule has 0 radical (unpaired) electrons. The molecule has 9 heteroatoms. The number of hydrogen-bond donors (Lipinski definition) is 1. The van der Waals surface area contributed by atoms with Gasteiger partial charge in [0.1, 0.15) is 5.82 Å². The fraction of sp³-hybridized carbons (Fsp3) is 0.263. The molecule has 1 N–H and O–H groups in total. The summed E-state index contributed by atoms with van der Waals surface area (Å²) in [6.07, 6.45) is 0. The fourth-order valence-corrected chi connectivity index (χ4v) is 4.75. The summed E-state index contributed by atoms with van der Waals surface area (Å²) in [6.45, 7) is 2.82. The number of aromatic nitrogens is 2. The van der Waals surface area contributed by atoms with Gasteiger partial charge in [0.2, 0.25) is 10.0 Å². The van der Waals surface area contributed by atoms with Crippen LogP contribution in [0.25, 0.3) is 10.9 Å². The van der Waals surface area contributed by atoms with E-state index in [1.165, 1.54) is 16.4 Å². The normalized spacial score (nSPS) is 15.9. The summed E-state index contributed by atoms with van der Waals surface area (Å²) in [6, 6.07) is 10.5. The van der Waals surface area contributed by atoms with Crippen molar-refractivity contribution < 1.29 is 17.6 Å². The molecule has 0 spiro atoms. The second-order valence-corrected chi connectivity index (χ2v) is 8.71. The smallest absolute Gasteiger partial charge is 0.275 e. The lowest BCUT2D eigenvalue weighted by atomic mass is 10.1. The third kappa shape index (κ3) is 3.27. The zero-order valence-corrected chi connectivity index (χ0v) is 16.0. The highest BCUT2D eigenvalue weighted by molar-refractivity contribution is 7.89. The Balaban J connectivity index is 1.50. The molecule has 28 heavy (non-hydrogen) atoms. The van der Waals surface area contributed by atoms with Crippen LogP contribution in [0, 0.1) is 12.7 Å². The molecule has 146 valence electrons. The number of rotatable bonds is 3. The molecular formula is C19H19FN4O3S. The van der Waals surface area contributed by atoms with Gasteiger partial charge in [-0.3, -0.25) is 9.89 Å². The van der Waals surface area contributed by atoms with E-state index in [1.54, 1.807) is 4.90 Å². The summed E-state index contributed by atoms with van der Waals surface area (Å²) in [7, 11) is -3.72. The summed E-state index contributed by atoms with van der Waals surface area (Å²) in [5.41, 5.74) is 2.15. The molecule has 1 fully saturated rings. The molecule has 2 aromatic carbocycles. The number of halogens is 1. The quantitative estimate of drug-likeness (QED) is 0.727. The van der Waals surface area contributed by atoms with Gasteiger partial charge >= 0.3 is 0 Å². The first kappa shape index (κ1) is 18.6. The van der Waals surface area contributed by atoms with E-state index >= 15 is 0 Å². The van der Waals surface area contributed by atoms with Crippen molar-refractivity contribution in [1.82, 2.24) is 19.4 Å². The maximum Gasteiger partial charge on any atom is 0.275 e. The number of carbonyl (C=O) groups excluding carboxylic acids is 1. The summed E-state index contributed by atoms with van der Waals surface area (Å²) in [5, 5.41) is 7.77. The Morgan fingerprint density at radius 2 is 1.75 bits per heavy atom. The lowest BCUT2D eigenvalue weighted by molar-refractivity contribution is 0.0694. The molecule has 0 unspecified atom stereocenters. The molecule has 0 saturated carbocycles. The van der Waals surface area contributed by atoms with Gasteiger partial charge in [0, 0.05) is 31.6 Å². The van der Waals surface area contributed by atoms with E-state index < -0.39 is 15.8 Å². The first-order valence-corrected chi connectivity index (χ1v) is 10.3. The van der Waals surface area contributed by atoms with Crippen molar-refractivity contribution in [3.8, 4) is 0 Å². The molecule has 1 aliphatic rings. The summed E-state index contributed by atoms with van der Waals surface area (Å²) in [5.74, 6) is -0.716. The van der Waals surface area contributed by atoms with E-state index in [9.17, 15) is 17.6 Å². The molecule has 1 aromatic heterocycles. The summed E-state index contributed by atoms with van der Waals surface area (Å²) >= 11 is 0. The van der Waals surface area contributed by atoms with Gasteiger partial charge in [0.25, 0.3) is 5.91 Å². The Kier molecular flexibility index (Phi) is 4.64. The highest BCUT2D eigenvalue weighted by Gasteiger charge is 2.31. The molecule has 7 nitrogen and oxygen atoms in total. The van der Waals surface area contributed by atoms with Crippen LogP contribution in [-0.4, -0.2) is 59.9 Å². The minimum atomic E-state index is -3.72. The zero-order chi connectivity index (χ0) is 19.9. The number of nitrogens with zero attached hydrogens (tertiary/aromatic N) is 3. The maximum atomic E-state index is 13.1. The van der Waals surface area contributed by atoms with Gasteiger partial charge in [-0.2, -0.15) is 9.40 Å². The highest BCUT2D eigenvalue weighted by Crippen LogP contribution is 2.22. The highest BCUT2D eigenvalue weighted by atomic mass is 32.2. The van der Waals surface area contributed by atoms with Crippen LogP contribution in [0.1, 0.15) is 16.1 Å². The molecular weight excluding hydrogens is 383 g/mol. The van der Waals surface area contributed by atoms with Crippen molar-refractivity contribution in [1.29, 1.82) is 0 Å². The fourth-order valence-electron chi connectivity index (χ4n) is 3.33. The van der Waals surface area contributed by atoms with E-state index in [-0.39, 0.29) is 37.0 Å². The Bertz CT molecular complexity index is 1130. The number of benzene rings is 2. The SMILES string of the molecule is Cc1ccc2[nH]nc(C(=O)N3CCN(S(=O)(=O)c4ccc(F)cc4)CC3)c2c1. The van der Waals surface area contributed by atoms with E-state index in [4.69, 9.17) is 0 Å². The summed E-state index contributed by atoms with van der Waals surface area (Å²) in [4.78, 5) is 14.5. The second kappa shape index (κ2) is 6.99.